The lowest BCUT2D eigenvalue weighted by Gasteiger charge is -2.18. The highest BCUT2D eigenvalue weighted by molar-refractivity contribution is 7.10. The van der Waals surface area contributed by atoms with Crippen LogP contribution in [0.15, 0.2) is 41.8 Å². The van der Waals surface area contributed by atoms with E-state index in [4.69, 9.17) is 0 Å². The molecule has 0 aliphatic heterocycles. The van der Waals surface area contributed by atoms with Gasteiger partial charge in [0.2, 0.25) is 5.91 Å². The molecule has 0 radical (unpaired) electrons. The predicted molar refractivity (Wildman–Crippen MR) is 101 cm³/mol. The summed E-state index contributed by atoms with van der Waals surface area (Å²) in [6.45, 7) is 2.54. The number of unbranched alkanes of at least 4 members (excludes halogenated alkanes) is 1. The van der Waals surface area contributed by atoms with Crippen molar-refractivity contribution >= 4 is 29.7 Å². The van der Waals surface area contributed by atoms with Gasteiger partial charge in [-0.05, 0) is 42.5 Å². The Bertz CT molecular complexity index is 569. The normalized spacial score (nSPS) is 11.6. The maximum atomic E-state index is 12.0. The first-order valence-corrected chi connectivity index (χ1v) is 8.68. The van der Waals surface area contributed by atoms with Gasteiger partial charge in [0.25, 0.3) is 0 Å². The third-order valence-corrected chi connectivity index (χ3v) is 4.54. The van der Waals surface area contributed by atoms with Crippen LogP contribution in [-0.2, 0) is 11.2 Å². The van der Waals surface area contributed by atoms with Crippen molar-refractivity contribution in [2.75, 3.05) is 13.6 Å². The molecule has 0 aliphatic carbocycles. The summed E-state index contributed by atoms with van der Waals surface area (Å²) < 4.78 is 0. The summed E-state index contributed by atoms with van der Waals surface area (Å²) in [5.41, 5.74) is 2.49. The van der Waals surface area contributed by atoms with Crippen LogP contribution in [0, 0.1) is 0 Å². The predicted octanol–water partition coefficient (Wildman–Crippen LogP) is 3.94. The van der Waals surface area contributed by atoms with Crippen LogP contribution in [0.4, 0.5) is 0 Å². The van der Waals surface area contributed by atoms with Gasteiger partial charge in [-0.15, -0.1) is 23.7 Å². The Kier molecular flexibility index (Phi) is 8.92. The fraction of sp³-hybridized carbons (Fsp3) is 0.389. The van der Waals surface area contributed by atoms with Gasteiger partial charge >= 0.3 is 0 Å². The van der Waals surface area contributed by atoms with E-state index in [1.807, 2.05) is 11.4 Å². The molecular formula is C18H25ClN2OS. The molecule has 2 N–H and O–H groups in total. The number of benzene rings is 1. The molecule has 0 spiro atoms. The Morgan fingerprint density at radius 2 is 1.96 bits per heavy atom. The van der Waals surface area contributed by atoms with Gasteiger partial charge in [0, 0.05) is 4.88 Å². The zero-order chi connectivity index (χ0) is 15.8. The number of amides is 1. The van der Waals surface area contributed by atoms with Crippen LogP contribution in [0.25, 0.3) is 0 Å². The minimum absolute atomic E-state index is 0. The molecule has 1 unspecified atom stereocenters. The number of carbonyl (C=O) groups is 1. The maximum absolute atomic E-state index is 12.0. The van der Waals surface area contributed by atoms with Crippen molar-refractivity contribution in [2.45, 2.75) is 32.2 Å². The minimum Gasteiger partial charge on any atom is -0.343 e. The van der Waals surface area contributed by atoms with Crippen molar-refractivity contribution < 1.29 is 4.79 Å². The molecule has 0 aliphatic rings. The van der Waals surface area contributed by atoms with E-state index < -0.39 is 0 Å². The fourth-order valence-corrected chi connectivity index (χ4v) is 3.21. The van der Waals surface area contributed by atoms with E-state index in [0.29, 0.717) is 6.54 Å². The lowest BCUT2D eigenvalue weighted by molar-refractivity contribution is -0.120. The molecule has 1 heterocycles. The summed E-state index contributed by atoms with van der Waals surface area (Å²) in [7, 11) is 1.78. The molecule has 1 aromatic heterocycles. The zero-order valence-corrected chi connectivity index (χ0v) is 15.3. The molecule has 2 rings (SSSR count). The van der Waals surface area contributed by atoms with E-state index in [-0.39, 0.29) is 24.4 Å². The van der Waals surface area contributed by atoms with Crippen LogP contribution in [0.3, 0.4) is 0 Å². The van der Waals surface area contributed by atoms with E-state index in [1.165, 1.54) is 18.4 Å². The summed E-state index contributed by atoms with van der Waals surface area (Å²) >= 11 is 1.67. The van der Waals surface area contributed by atoms with Crippen molar-refractivity contribution in [3.05, 3.63) is 57.8 Å². The number of hydrogen-bond donors (Lipinski definition) is 2. The lowest BCUT2D eigenvalue weighted by Crippen LogP contribution is -2.35. The number of likely N-dealkylation sites (N-methyl/N-ethyl adjacent to an activating group) is 1. The fourth-order valence-electron chi connectivity index (χ4n) is 2.40. The molecule has 1 aromatic carbocycles. The first kappa shape index (κ1) is 19.7. The quantitative estimate of drug-likeness (QED) is 0.755. The Morgan fingerprint density at radius 3 is 2.52 bits per heavy atom. The highest BCUT2D eigenvalue weighted by atomic mass is 35.5. The van der Waals surface area contributed by atoms with Gasteiger partial charge in [-0.25, -0.2) is 0 Å². The molecule has 23 heavy (non-hydrogen) atoms. The van der Waals surface area contributed by atoms with E-state index in [9.17, 15) is 4.79 Å². The monoisotopic (exact) mass is 352 g/mol. The van der Waals surface area contributed by atoms with E-state index >= 15 is 0 Å². The van der Waals surface area contributed by atoms with Gasteiger partial charge in [-0.3, -0.25) is 4.79 Å². The second-order valence-corrected chi connectivity index (χ2v) is 6.37. The Morgan fingerprint density at radius 1 is 1.22 bits per heavy atom. The van der Waals surface area contributed by atoms with Crippen molar-refractivity contribution in [2.24, 2.45) is 0 Å². The van der Waals surface area contributed by atoms with E-state index in [0.717, 1.165) is 16.9 Å². The summed E-state index contributed by atoms with van der Waals surface area (Å²) in [4.78, 5) is 13.1. The second kappa shape index (κ2) is 10.4. The summed E-state index contributed by atoms with van der Waals surface area (Å²) in [5, 5.41) is 8.05. The average molecular weight is 353 g/mol. The molecule has 1 amide bonds. The van der Waals surface area contributed by atoms with E-state index in [2.05, 4.69) is 47.9 Å². The second-order valence-electron chi connectivity index (χ2n) is 5.39. The van der Waals surface area contributed by atoms with Crippen molar-refractivity contribution in [1.82, 2.24) is 10.6 Å². The summed E-state index contributed by atoms with van der Waals surface area (Å²) in [6, 6.07) is 12.6. The van der Waals surface area contributed by atoms with Gasteiger partial charge < -0.3 is 10.6 Å². The number of halogens is 1. The Labute approximate surface area is 148 Å². The standard InChI is InChI=1S/C18H24N2OS.ClH/c1-3-4-6-14-8-10-15(11-9-14)18(16-7-5-12-22-16)20-17(21)13-19-2;/h5,7-12,18-19H,3-4,6,13H2,1-2H3,(H,20,21);1H. The minimum atomic E-state index is -0.0684. The number of carbonyl (C=O) groups excluding carboxylic acids is 1. The molecular weight excluding hydrogens is 328 g/mol. The van der Waals surface area contributed by atoms with Crippen LogP contribution in [-0.4, -0.2) is 19.5 Å². The van der Waals surface area contributed by atoms with Crippen LogP contribution < -0.4 is 10.6 Å². The van der Waals surface area contributed by atoms with Gasteiger partial charge in [0.1, 0.15) is 0 Å². The third-order valence-electron chi connectivity index (χ3n) is 3.60. The van der Waals surface area contributed by atoms with Crippen molar-refractivity contribution in [1.29, 1.82) is 0 Å². The first-order chi connectivity index (χ1) is 10.7. The SMILES string of the molecule is CCCCc1ccc(C(NC(=O)CNC)c2cccs2)cc1.Cl. The van der Waals surface area contributed by atoms with Gasteiger partial charge in [-0.2, -0.15) is 0 Å². The highest BCUT2D eigenvalue weighted by Crippen LogP contribution is 2.26. The summed E-state index contributed by atoms with van der Waals surface area (Å²) in [6.07, 6.45) is 3.54. The van der Waals surface area contributed by atoms with Gasteiger partial charge in [0.15, 0.2) is 0 Å². The molecule has 1 atom stereocenters. The largest absolute Gasteiger partial charge is 0.343 e. The molecule has 0 bridgehead atoms. The Balaban J connectivity index is 0.00000264. The van der Waals surface area contributed by atoms with Crippen LogP contribution in [0.5, 0.6) is 0 Å². The van der Waals surface area contributed by atoms with Crippen molar-refractivity contribution in [3.8, 4) is 0 Å². The van der Waals surface area contributed by atoms with Gasteiger partial charge in [-0.1, -0.05) is 43.7 Å². The van der Waals surface area contributed by atoms with Crippen LogP contribution >= 0.6 is 23.7 Å². The smallest absolute Gasteiger partial charge is 0.234 e. The molecule has 0 saturated heterocycles. The Hall–Kier alpha value is -1.36. The number of aryl methyl sites for hydroxylation is 1. The van der Waals surface area contributed by atoms with Crippen molar-refractivity contribution in [3.63, 3.8) is 0 Å². The highest BCUT2D eigenvalue weighted by Gasteiger charge is 2.17. The van der Waals surface area contributed by atoms with Crippen LogP contribution in [0.1, 0.15) is 41.8 Å². The molecule has 126 valence electrons. The molecule has 2 aromatic rings. The molecule has 0 fully saturated rings. The van der Waals surface area contributed by atoms with Gasteiger partial charge in [0.05, 0.1) is 12.6 Å². The number of thiophene rings is 1. The molecule has 0 saturated carbocycles. The topological polar surface area (TPSA) is 41.1 Å². The number of hydrogen-bond acceptors (Lipinski definition) is 3. The first-order valence-electron chi connectivity index (χ1n) is 7.80. The maximum Gasteiger partial charge on any atom is 0.234 e. The third kappa shape index (κ3) is 5.98. The lowest BCUT2D eigenvalue weighted by atomic mass is 10.0. The molecule has 3 nitrogen and oxygen atoms in total. The van der Waals surface area contributed by atoms with E-state index in [1.54, 1.807) is 18.4 Å². The number of nitrogens with one attached hydrogen (secondary N) is 2. The average Bonchev–Trinajstić information content (AvgIpc) is 3.06. The molecule has 5 heteroatoms. The summed E-state index contributed by atoms with van der Waals surface area (Å²) in [5.74, 6) is 0.0101. The number of rotatable bonds is 8. The van der Waals surface area contributed by atoms with Crippen LogP contribution in [0.2, 0.25) is 0 Å². The zero-order valence-electron chi connectivity index (χ0n) is 13.7.